The van der Waals surface area contributed by atoms with Crippen LogP contribution in [0.2, 0.25) is 0 Å². The van der Waals surface area contributed by atoms with E-state index in [4.69, 9.17) is 29.3 Å². The van der Waals surface area contributed by atoms with Crippen LogP contribution in [0.25, 0.3) is 0 Å². The Morgan fingerprint density at radius 1 is 1.06 bits per heavy atom. The number of carboxylic acid groups (broad SMARTS) is 2. The summed E-state index contributed by atoms with van der Waals surface area (Å²) < 4.78 is 9.52. The number of rotatable bonds is 5. The summed E-state index contributed by atoms with van der Waals surface area (Å²) in [7, 11) is 2.54. The number of hydrogen-bond donors (Lipinski definition) is 3. The van der Waals surface area contributed by atoms with Gasteiger partial charge in [0.05, 0.1) is 26.3 Å². The maximum atomic E-state index is 12.4. The maximum absolute atomic E-state index is 12.4. The van der Waals surface area contributed by atoms with E-state index in [2.05, 4.69) is 17.1 Å². The van der Waals surface area contributed by atoms with Gasteiger partial charge in [-0.25, -0.2) is 19.2 Å². The second-order valence-electron chi connectivity index (χ2n) is 6.72. The summed E-state index contributed by atoms with van der Waals surface area (Å²) in [6.07, 6.45) is 3.33. The number of carbonyl (C=O) groups excluding carboxylic acids is 3. The van der Waals surface area contributed by atoms with Gasteiger partial charge >= 0.3 is 23.9 Å². The minimum Gasteiger partial charge on any atom is -0.473 e. The molecule has 0 aliphatic carbocycles. The number of piperidine rings is 1. The normalized spacial score (nSPS) is 15.8. The Morgan fingerprint density at radius 3 is 2.13 bits per heavy atom. The van der Waals surface area contributed by atoms with E-state index in [1.807, 2.05) is 0 Å². The van der Waals surface area contributed by atoms with Crippen LogP contribution in [0.5, 0.6) is 0 Å². The van der Waals surface area contributed by atoms with E-state index in [9.17, 15) is 14.4 Å². The van der Waals surface area contributed by atoms with Gasteiger partial charge in [0.2, 0.25) is 5.91 Å². The van der Waals surface area contributed by atoms with Gasteiger partial charge in [-0.05, 0) is 38.8 Å². The lowest BCUT2D eigenvalue weighted by Gasteiger charge is -2.32. The fourth-order valence-electron chi connectivity index (χ4n) is 2.98. The van der Waals surface area contributed by atoms with Crippen LogP contribution in [0.3, 0.4) is 0 Å². The van der Waals surface area contributed by atoms with Crippen molar-refractivity contribution in [2.24, 2.45) is 0 Å². The third kappa shape index (κ3) is 7.33. The average molecular weight is 458 g/mol. The molecule has 0 aromatic carbocycles. The highest BCUT2D eigenvalue weighted by atomic mass is 32.1. The van der Waals surface area contributed by atoms with Crippen molar-refractivity contribution in [1.29, 1.82) is 0 Å². The summed E-state index contributed by atoms with van der Waals surface area (Å²) >= 11 is 1.03. The molecule has 1 amide bonds. The fraction of sp³-hybridized carbons (Fsp3) is 0.526. The summed E-state index contributed by atoms with van der Waals surface area (Å²) in [5.74, 6) is -5.00. The van der Waals surface area contributed by atoms with Crippen LogP contribution >= 0.6 is 11.3 Å². The fourth-order valence-corrected chi connectivity index (χ4v) is 4.11. The van der Waals surface area contributed by atoms with Crippen molar-refractivity contribution < 1.29 is 43.7 Å². The number of methoxy groups -OCH3 is 2. The van der Waals surface area contributed by atoms with E-state index in [1.165, 1.54) is 20.6 Å². The Bertz CT molecular complexity index is 838. The lowest BCUT2D eigenvalue weighted by molar-refractivity contribution is -0.159. The highest BCUT2D eigenvalue weighted by molar-refractivity contribution is 7.18. The summed E-state index contributed by atoms with van der Waals surface area (Å²) in [5, 5.41) is 17.9. The van der Waals surface area contributed by atoms with Crippen LogP contribution in [-0.4, -0.2) is 78.2 Å². The molecule has 1 atom stereocenters. The molecule has 31 heavy (non-hydrogen) atoms. The van der Waals surface area contributed by atoms with Crippen molar-refractivity contribution in [3.05, 3.63) is 16.0 Å². The molecular formula is C19H26N2O9S. The van der Waals surface area contributed by atoms with E-state index in [1.54, 1.807) is 6.92 Å². The number of ether oxygens (including phenoxy) is 2. The number of thiophene rings is 1. The molecule has 0 radical (unpaired) electrons. The third-order valence-corrected chi connectivity index (χ3v) is 5.82. The molecule has 3 N–H and O–H groups in total. The van der Waals surface area contributed by atoms with Gasteiger partial charge in [-0.1, -0.05) is 6.42 Å². The van der Waals surface area contributed by atoms with Gasteiger partial charge in [0, 0.05) is 6.04 Å². The number of amides is 1. The van der Waals surface area contributed by atoms with E-state index in [0.717, 1.165) is 30.7 Å². The number of carboxylic acids is 2. The van der Waals surface area contributed by atoms with Gasteiger partial charge in [0.15, 0.2) is 0 Å². The van der Waals surface area contributed by atoms with Crippen molar-refractivity contribution in [3.63, 3.8) is 0 Å². The van der Waals surface area contributed by atoms with Crippen LogP contribution in [0.1, 0.15) is 51.8 Å². The highest BCUT2D eigenvalue weighted by Gasteiger charge is 2.27. The van der Waals surface area contributed by atoms with Gasteiger partial charge in [-0.3, -0.25) is 9.69 Å². The van der Waals surface area contributed by atoms with Crippen LogP contribution in [0.15, 0.2) is 0 Å². The number of likely N-dealkylation sites (tertiary alicyclic amines) is 1. The molecule has 1 saturated heterocycles. The van der Waals surface area contributed by atoms with Gasteiger partial charge in [0.25, 0.3) is 0 Å². The largest absolute Gasteiger partial charge is 0.473 e. The molecule has 1 aliphatic rings. The Hall–Kier alpha value is -2.99. The topological polar surface area (TPSA) is 160 Å². The number of anilines is 1. The van der Waals surface area contributed by atoms with E-state index >= 15 is 0 Å². The smallest absolute Gasteiger partial charge is 0.414 e. The summed E-state index contributed by atoms with van der Waals surface area (Å²) in [6.45, 7) is 4.88. The second kappa shape index (κ2) is 12.0. The van der Waals surface area contributed by atoms with Crippen LogP contribution in [0, 0.1) is 6.92 Å². The number of hydrogen-bond acceptors (Lipinski definition) is 9. The molecule has 1 fully saturated rings. The first kappa shape index (κ1) is 26.0. The Morgan fingerprint density at radius 2 is 1.65 bits per heavy atom. The van der Waals surface area contributed by atoms with E-state index < -0.39 is 23.9 Å². The minimum atomic E-state index is -1.82. The van der Waals surface area contributed by atoms with Gasteiger partial charge in [-0.15, -0.1) is 11.3 Å². The highest BCUT2D eigenvalue weighted by Crippen LogP contribution is 2.34. The standard InChI is InChI=1S/C17H24N2O5S.C2H2O4/c1-10-7-5-6-8-19(10)9-12(20)18-15-13(16(21)23-3)11(2)14(25-15)17(22)24-4;3-1(4)2(5)6/h10H,5-9H2,1-4H3,(H,18,20);(H,3,4)(H,5,6). The first-order chi connectivity index (χ1) is 14.5. The number of nitrogens with one attached hydrogen (secondary N) is 1. The molecule has 0 bridgehead atoms. The van der Waals surface area contributed by atoms with Crippen molar-refractivity contribution in [2.75, 3.05) is 32.6 Å². The Labute approximate surface area is 182 Å². The maximum Gasteiger partial charge on any atom is 0.414 e. The summed E-state index contributed by atoms with van der Waals surface area (Å²) in [6, 6.07) is 0.357. The Balaban J connectivity index is 0.000000703. The van der Waals surface area contributed by atoms with E-state index in [0.29, 0.717) is 16.6 Å². The van der Waals surface area contributed by atoms with Gasteiger partial charge < -0.3 is 25.0 Å². The minimum absolute atomic E-state index is 0.202. The first-order valence-electron chi connectivity index (χ1n) is 9.33. The predicted octanol–water partition coefficient (Wildman–Crippen LogP) is 1.60. The van der Waals surface area contributed by atoms with Crippen molar-refractivity contribution in [2.45, 2.75) is 39.2 Å². The zero-order chi connectivity index (χ0) is 23.7. The Kier molecular flexibility index (Phi) is 10.1. The van der Waals surface area contributed by atoms with Crippen LogP contribution in [0.4, 0.5) is 5.00 Å². The zero-order valence-corrected chi connectivity index (χ0v) is 18.5. The second-order valence-corrected chi connectivity index (χ2v) is 7.74. The molecule has 1 aromatic rings. The molecule has 11 nitrogen and oxygen atoms in total. The molecule has 12 heteroatoms. The summed E-state index contributed by atoms with van der Waals surface area (Å²) in [4.78, 5) is 57.0. The SMILES string of the molecule is COC(=O)c1sc(NC(=O)CN2CCCCC2C)c(C(=O)OC)c1C.O=C(O)C(=O)O. The van der Waals surface area contributed by atoms with Crippen LogP contribution < -0.4 is 5.32 Å². The van der Waals surface area contributed by atoms with Gasteiger partial charge in [-0.2, -0.15) is 0 Å². The molecule has 2 rings (SSSR count). The van der Waals surface area contributed by atoms with Crippen molar-refractivity contribution >= 4 is 46.1 Å². The quantitative estimate of drug-likeness (QED) is 0.437. The molecule has 1 unspecified atom stereocenters. The molecule has 0 spiro atoms. The molecule has 0 saturated carbocycles. The number of nitrogens with zero attached hydrogens (tertiary/aromatic N) is 1. The zero-order valence-electron chi connectivity index (χ0n) is 17.7. The predicted molar refractivity (Wildman–Crippen MR) is 111 cm³/mol. The van der Waals surface area contributed by atoms with Crippen molar-refractivity contribution in [3.8, 4) is 0 Å². The number of carbonyl (C=O) groups is 5. The molecular weight excluding hydrogens is 432 g/mol. The van der Waals surface area contributed by atoms with Crippen LogP contribution in [-0.2, 0) is 23.9 Å². The molecule has 2 heterocycles. The van der Waals surface area contributed by atoms with Gasteiger partial charge in [0.1, 0.15) is 9.88 Å². The number of esters is 2. The lowest BCUT2D eigenvalue weighted by atomic mass is 10.0. The summed E-state index contributed by atoms with van der Waals surface area (Å²) in [5.41, 5.74) is 0.651. The molecule has 1 aliphatic heterocycles. The first-order valence-corrected chi connectivity index (χ1v) is 10.1. The van der Waals surface area contributed by atoms with E-state index in [-0.39, 0.29) is 22.9 Å². The van der Waals surface area contributed by atoms with Crippen molar-refractivity contribution in [1.82, 2.24) is 4.90 Å². The number of aliphatic carboxylic acids is 2. The lowest BCUT2D eigenvalue weighted by Crippen LogP contribution is -2.42. The third-order valence-electron chi connectivity index (χ3n) is 4.63. The molecule has 172 valence electrons. The molecule has 1 aromatic heterocycles. The average Bonchev–Trinajstić information content (AvgIpc) is 3.04. The monoisotopic (exact) mass is 458 g/mol.